The van der Waals surface area contributed by atoms with Gasteiger partial charge >= 0.3 is 6.03 Å². The number of amides is 2. The zero-order valence-electron chi connectivity index (χ0n) is 19.8. The first-order valence-electron chi connectivity index (χ1n) is 11.7. The van der Waals surface area contributed by atoms with Gasteiger partial charge in [-0.15, -0.1) is 0 Å². The second kappa shape index (κ2) is 11.0. The molecule has 0 radical (unpaired) electrons. The first-order valence-corrected chi connectivity index (χ1v) is 11.7. The number of carbonyl (C=O) groups is 1. The Balaban J connectivity index is 1.32. The predicted octanol–water partition coefficient (Wildman–Crippen LogP) is 3.27. The van der Waals surface area contributed by atoms with Crippen LogP contribution in [0.3, 0.4) is 0 Å². The molecular formula is C25H33F2N5O2. The van der Waals surface area contributed by atoms with Gasteiger partial charge in [0.05, 0.1) is 12.8 Å². The van der Waals surface area contributed by atoms with Crippen molar-refractivity contribution in [2.24, 2.45) is 0 Å². The number of methoxy groups -OCH3 is 1. The van der Waals surface area contributed by atoms with Crippen molar-refractivity contribution in [3.05, 3.63) is 53.8 Å². The molecule has 4 rings (SSSR count). The van der Waals surface area contributed by atoms with Crippen LogP contribution >= 0.6 is 0 Å². The Bertz CT molecular complexity index is 976. The van der Waals surface area contributed by atoms with E-state index in [1.807, 2.05) is 18.2 Å². The molecule has 1 N–H and O–H groups in total. The molecular weight excluding hydrogens is 440 g/mol. The molecule has 184 valence electrons. The maximum absolute atomic E-state index is 14.8. The molecule has 2 saturated heterocycles. The summed E-state index contributed by atoms with van der Waals surface area (Å²) in [6, 6.07) is 11.5. The standard InChI is InChI=1S/C25H33F2N5O2/c1-29-8-10-30(11-9-29)22-18-21(6-7-23(22)34-2)28-25(33)32-14-12-31(13-15-32)24(27)17-19-4-3-5-20(26)16-19/h3-7,16,18,24H,8-15,17H2,1-2H3,(H,28,33). The number of nitrogens with one attached hydrogen (secondary N) is 1. The Morgan fingerprint density at radius 3 is 2.44 bits per heavy atom. The molecule has 1 unspecified atom stereocenters. The van der Waals surface area contributed by atoms with Crippen molar-refractivity contribution in [2.75, 3.05) is 76.7 Å². The molecule has 0 bridgehead atoms. The average molecular weight is 474 g/mol. The van der Waals surface area contributed by atoms with E-state index in [1.165, 1.54) is 12.1 Å². The highest BCUT2D eigenvalue weighted by molar-refractivity contribution is 5.90. The molecule has 34 heavy (non-hydrogen) atoms. The minimum absolute atomic E-state index is 0.130. The minimum atomic E-state index is -1.21. The fourth-order valence-corrected chi connectivity index (χ4v) is 4.46. The SMILES string of the molecule is COc1ccc(NC(=O)N2CCN(C(F)Cc3cccc(F)c3)CC2)cc1N1CCN(C)CC1. The van der Waals surface area contributed by atoms with Crippen LogP contribution in [0.15, 0.2) is 42.5 Å². The number of hydrogen-bond acceptors (Lipinski definition) is 5. The van der Waals surface area contributed by atoms with Crippen LogP contribution in [0.4, 0.5) is 25.0 Å². The lowest BCUT2D eigenvalue weighted by Gasteiger charge is -2.36. The summed E-state index contributed by atoms with van der Waals surface area (Å²) in [5.74, 6) is 0.420. The number of urea groups is 1. The largest absolute Gasteiger partial charge is 0.495 e. The number of carbonyl (C=O) groups excluding carboxylic acids is 1. The summed E-state index contributed by atoms with van der Waals surface area (Å²) in [5, 5.41) is 2.98. The van der Waals surface area contributed by atoms with Gasteiger partial charge in [-0.1, -0.05) is 12.1 Å². The summed E-state index contributed by atoms with van der Waals surface area (Å²) in [5.41, 5.74) is 2.30. The number of hydrogen-bond donors (Lipinski definition) is 1. The maximum Gasteiger partial charge on any atom is 0.321 e. The van der Waals surface area contributed by atoms with Gasteiger partial charge in [-0.2, -0.15) is 0 Å². The molecule has 0 spiro atoms. The molecule has 0 saturated carbocycles. The molecule has 2 aromatic carbocycles. The quantitative estimate of drug-likeness (QED) is 0.653. The zero-order chi connectivity index (χ0) is 24.1. The van der Waals surface area contributed by atoms with Gasteiger partial charge in [-0.3, -0.25) is 4.90 Å². The first kappa shape index (κ1) is 24.2. The summed E-state index contributed by atoms with van der Waals surface area (Å²) in [4.78, 5) is 20.8. The second-order valence-corrected chi connectivity index (χ2v) is 8.90. The van der Waals surface area contributed by atoms with Gasteiger partial charge in [-0.05, 0) is 42.9 Å². The number of anilines is 2. The topological polar surface area (TPSA) is 51.3 Å². The van der Waals surface area contributed by atoms with Gasteiger partial charge in [-0.25, -0.2) is 13.6 Å². The number of rotatable bonds is 6. The summed E-state index contributed by atoms with van der Waals surface area (Å²) >= 11 is 0. The summed E-state index contributed by atoms with van der Waals surface area (Å²) < 4.78 is 33.7. The van der Waals surface area contributed by atoms with Crippen molar-refractivity contribution in [2.45, 2.75) is 12.7 Å². The number of benzene rings is 2. The highest BCUT2D eigenvalue weighted by atomic mass is 19.1. The Kier molecular flexibility index (Phi) is 7.84. The van der Waals surface area contributed by atoms with E-state index in [1.54, 1.807) is 29.0 Å². The van der Waals surface area contributed by atoms with Gasteiger partial charge in [0.15, 0.2) is 6.30 Å². The highest BCUT2D eigenvalue weighted by Gasteiger charge is 2.26. The van der Waals surface area contributed by atoms with E-state index in [4.69, 9.17) is 4.74 Å². The lowest BCUT2D eigenvalue weighted by molar-refractivity contribution is 0.0437. The van der Waals surface area contributed by atoms with Crippen molar-refractivity contribution >= 4 is 17.4 Å². The van der Waals surface area contributed by atoms with Crippen molar-refractivity contribution in [3.63, 3.8) is 0 Å². The maximum atomic E-state index is 14.8. The van der Waals surface area contributed by atoms with E-state index in [0.29, 0.717) is 37.4 Å². The van der Waals surface area contributed by atoms with Crippen LogP contribution in [0.25, 0.3) is 0 Å². The Morgan fingerprint density at radius 2 is 1.76 bits per heavy atom. The monoisotopic (exact) mass is 473 g/mol. The van der Waals surface area contributed by atoms with Crippen LogP contribution in [0.1, 0.15) is 5.56 Å². The molecule has 2 aliphatic rings. The van der Waals surface area contributed by atoms with Crippen LogP contribution < -0.4 is 15.0 Å². The van der Waals surface area contributed by atoms with Gasteiger partial charge in [0, 0.05) is 64.5 Å². The normalized spacial score (nSPS) is 18.6. The number of piperazine rings is 2. The predicted molar refractivity (Wildman–Crippen MR) is 130 cm³/mol. The van der Waals surface area contributed by atoms with Crippen LogP contribution in [0, 0.1) is 5.82 Å². The van der Waals surface area contributed by atoms with E-state index >= 15 is 0 Å². The molecule has 9 heteroatoms. The van der Waals surface area contributed by atoms with E-state index in [2.05, 4.69) is 22.2 Å². The molecule has 7 nitrogen and oxygen atoms in total. The molecule has 2 fully saturated rings. The molecule has 2 aromatic rings. The fraction of sp³-hybridized carbons (Fsp3) is 0.480. The minimum Gasteiger partial charge on any atom is -0.495 e. The molecule has 2 heterocycles. The Morgan fingerprint density at radius 1 is 1.03 bits per heavy atom. The fourth-order valence-electron chi connectivity index (χ4n) is 4.46. The van der Waals surface area contributed by atoms with E-state index in [9.17, 15) is 13.6 Å². The highest BCUT2D eigenvalue weighted by Crippen LogP contribution is 2.32. The number of nitrogens with zero attached hydrogens (tertiary/aromatic N) is 4. The van der Waals surface area contributed by atoms with Gasteiger partial charge in [0.2, 0.25) is 0 Å². The van der Waals surface area contributed by atoms with E-state index in [-0.39, 0.29) is 18.3 Å². The van der Waals surface area contributed by atoms with Crippen molar-refractivity contribution in [1.82, 2.24) is 14.7 Å². The van der Waals surface area contributed by atoms with E-state index < -0.39 is 6.30 Å². The number of likely N-dealkylation sites (N-methyl/N-ethyl adjacent to an activating group) is 1. The van der Waals surface area contributed by atoms with Crippen LogP contribution in [0.2, 0.25) is 0 Å². The van der Waals surface area contributed by atoms with Gasteiger partial charge in [0.25, 0.3) is 0 Å². The Hall–Kier alpha value is -2.91. The molecule has 2 amide bonds. The Labute approximate surface area is 199 Å². The summed E-state index contributed by atoms with van der Waals surface area (Å²) in [7, 11) is 3.76. The third-order valence-corrected chi connectivity index (χ3v) is 6.56. The first-order chi connectivity index (χ1) is 16.4. The van der Waals surface area contributed by atoms with Crippen molar-refractivity contribution in [3.8, 4) is 5.75 Å². The second-order valence-electron chi connectivity index (χ2n) is 8.90. The number of halogens is 2. The van der Waals surface area contributed by atoms with Crippen molar-refractivity contribution in [1.29, 1.82) is 0 Å². The van der Waals surface area contributed by atoms with E-state index in [0.717, 1.165) is 37.6 Å². The van der Waals surface area contributed by atoms with Crippen LogP contribution in [-0.4, -0.2) is 93.5 Å². The lowest BCUT2D eigenvalue weighted by atomic mass is 10.1. The molecule has 1 atom stereocenters. The van der Waals surface area contributed by atoms with Crippen LogP contribution in [0.5, 0.6) is 5.75 Å². The summed E-state index contributed by atoms with van der Waals surface area (Å²) in [6.45, 7) is 5.45. The lowest BCUT2D eigenvalue weighted by Crippen LogP contribution is -2.52. The van der Waals surface area contributed by atoms with Gasteiger partial charge < -0.3 is 24.8 Å². The average Bonchev–Trinajstić information content (AvgIpc) is 2.84. The number of ether oxygens (including phenoxy) is 1. The third kappa shape index (κ3) is 5.95. The number of alkyl halides is 1. The molecule has 0 aromatic heterocycles. The zero-order valence-corrected chi connectivity index (χ0v) is 19.8. The smallest absolute Gasteiger partial charge is 0.321 e. The molecule has 0 aliphatic carbocycles. The van der Waals surface area contributed by atoms with Crippen molar-refractivity contribution < 1.29 is 18.3 Å². The van der Waals surface area contributed by atoms with Crippen LogP contribution in [-0.2, 0) is 6.42 Å². The van der Waals surface area contributed by atoms with Gasteiger partial charge in [0.1, 0.15) is 11.6 Å². The third-order valence-electron chi connectivity index (χ3n) is 6.56. The molecule has 2 aliphatic heterocycles. The summed E-state index contributed by atoms with van der Waals surface area (Å²) in [6.07, 6.45) is -1.08.